The van der Waals surface area contributed by atoms with Gasteiger partial charge in [0, 0.05) is 67.0 Å². The van der Waals surface area contributed by atoms with E-state index >= 15 is 0 Å². The van der Waals surface area contributed by atoms with Gasteiger partial charge in [0.2, 0.25) is 0 Å². The summed E-state index contributed by atoms with van der Waals surface area (Å²) in [4.78, 5) is 38.9. The predicted molar refractivity (Wildman–Crippen MR) is 210 cm³/mol. The van der Waals surface area contributed by atoms with Gasteiger partial charge in [0.15, 0.2) is 11.6 Å². The van der Waals surface area contributed by atoms with Crippen molar-refractivity contribution in [1.29, 1.82) is 0 Å². The van der Waals surface area contributed by atoms with E-state index in [1.54, 1.807) is 79.1 Å². The molecule has 14 heteroatoms. The SMILES string of the molecule is N[C@@H]1CCN(c2nc(-c3ccccc3O)nc3ccc(F)cc23)C1.O=C(N[C@@H]1CCN(c2nc(-c3ccccc3O)nc3ccc(F)cc23)C1)c1ccncc1. The van der Waals surface area contributed by atoms with E-state index in [0.29, 0.717) is 81.4 Å². The van der Waals surface area contributed by atoms with Crippen molar-refractivity contribution in [2.75, 3.05) is 36.0 Å². The molecule has 56 heavy (non-hydrogen) atoms. The van der Waals surface area contributed by atoms with Gasteiger partial charge in [-0.25, -0.2) is 28.7 Å². The molecule has 282 valence electrons. The van der Waals surface area contributed by atoms with Crippen LogP contribution in [-0.4, -0.2) is 79.3 Å². The molecule has 0 saturated carbocycles. The summed E-state index contributed by atoms with van der Waals surface area (Å²) in [5.74, 6) is 1.34. The summed E-state index contributed by atoms with van der Waals surface area (Å²) in [6.07, 6.45) is 4.76. The number of nitrogens with two attached hydrogens (primary N) is 1. The quantitative estimate of drug-likeness (QED) is 0.152. The minimum Gasteiger partial charge on any atom is -0.507 e. The molecular formula is C42H37F2N9O3. The molecule has 0 aliphatic carbocycles. The topological polar surface area (TPSA) is 167 Å². The molecule has 4 aromatic carbocycles. The summed E-state index contributed by atoms with van der Waals surface area (Å²) in [6, 6.07) is 26.0. The fourth-order valence-electron chi connectivity index (χ4n) is 7.04. The van der Waals surface area contributed by atoms with Crippen molar-refractivity contribution in [3.8, 4) is 34.3 Å². The lowest BCUT2D eigenvalue weighted by Gasteiger charge is -2.21. The Bertz CT molecular complexity index is 2560. The summed E-state index contributed by atoms with van der Waals surface area (Å²) in [6.45, 7) is 2.61. The van der Waals surface area contributed by atoms with Crippen LogP contribution in [0.3, 0.4) is 0 Å². The first-order valence-electron chi connectivity index (χ1n) is 18.2. The highest BCUT2D eigenvalue weighted by molar-refractivity contribution is 5.95. The van der Waals surface area contributed by atoms with Crippen LogP contribution in [0.15, 0.2) is 109 Å². The zero-order valence-corrected chi connectivity index (χ0v) is 30.1. The maximum Gasteiger partial charge on any atom is 0.251 e. The Morgan fingerprint density at radius 3 is 1.71 bits per heavy atom. The largest absolute Gasteiger partial charge is 0.507 e. The Labute approximate surface area is 320 Å². The van der Waals surface area contributed by atoms with Gasteiger partial charge in [-0.3, -0.25) is 9.78 Å². The fraction of sp³-hybridized carbons (Fsp3) is 0.190. The summed E-state index contributed by atoms with van der Waals surface area (Å²) >= 11 is 0. The number of anilines is 2. The Kier molecular flexibility index (Phi) is 10.0. The van der Waals surface area contributed by atoms with Gasteiger partial charge in [0.05, 0.1) is 22.2 Å². The summed E-state index contributed by atoms with van der Waals surface area (Å²) in [5, 5.41) is 24.7. The molecule has 7 aromatic rings. The second kappa shape index (κ2) is 15.5. The van der Waals surface area contributed by atoms with Crippen LogP contribution in [0.1, 0.15) is 23.2 Å². The number of pyridine rings is 1. The van der Waals surface area contributed by atoms with Gasteiger partial charge in [0.25, 0.3) is 5.91 Å². The van der Waals surface area contributed by atoms with Crippen LogP contribution in [0.25, 0.3) is 44.6 Å². The van der Waals surface area contributed by atoms with Gasteiger partial charge in [0.1, 0.15) is 34.8 Å². The number of hydrogen-bond acceptors (Lipinski definition) is 11. The number of halogens is 2. The number of hydrogen-bond donors (Lipinski definition) is 4. The highest BCUT2D eigenvalue weighted by Gasteiger charge is 2.28. The van der Waals surface area contributed by atoms with E-state index in [0.717, 1.165) is 19.4 Å². The first-order valence-corrected chi connectivity index (χ1v) is 18.2. The number of carbonyl (C=O) groups excluding carboxylic acids is 1. The third-order valence-electron chi connectivity index (χ3n) is 9.85. The van der Waals surface area contributed by atoms with Crippen LogP contribution in [0.5, 0.6) is 11.5 Å². The summed E-state index contributed by atoms with van der Waals surface area (Å²) < 4.78 is 27.8. The number of nitrogens with zero attached hydrogens (tertiary/aromatic N) is 7. The molecule has 0 spiro atoms. The maximum absolute atomic E-state index is 14.1. The molecule has 2 fully saturated rings. The first-order chi connectivity index (χ1) is 27.2. The lowest BCUT2D eigenvalue weighted by molar-refractivity contribution is 0.0940. The number of phenols is 2. The minimum atomic E-state index is -0.376. The molecule has 12 nitrogen and oxygen atoms in total. The van der Waals surface area contributed by atoms with Crippen molar-refractivity contribution in [3.05, 3.63) is 127 Å². The average molecular weight is 754 g/mol. The lowest BCUT2D eigenvalue weighted by Crippen LogP contribution is -2.37. The molecule has 3 aromatic heterocycles. The molecule has 0 radical (unpaired) electrons. The number of carbonyl (C=O) groups is 1. The number of rotatable bonds is 6. The predicted octanol–water partition coefficient (Wildman–Crippen LogP) is 6.22. The second-order valence-corrected chi connectivity index (χ2v) is 13.7. The van der Waals surface area contributed by atoms with Gasteiger partial charge >= 0.3 is 0 Å². The average Bonchev–Trinajstić information content (AvgIpc) is 3.87. The summed E-state index contributed by atoms with van der Waals surface area (Å²) in [7, 11) is 0. The number of benzene rings is 4. The molecule has 0 bridgehead atoms. The maximum atomic E-state index is 14.1. The number of para-hydroxylation sites is 2. The number of amides is 1. The molecule has 2 aliphatic rings. The standard InChI is InChI=1S/C24H20FN5O2.C18H17FN4O/c25-16-5-6-20-19(13-16)23(29-22(28-20)18-3-1-2-4-21(18)31)30-12-9-17(14-30)27-24(32)15-7-10-26-11-8-15;19-11-5-6-15-14(9-11)18(23-8-7-12(20)10-23)22-17(21-15)13-3-1-2-4-16(13)24/h1-8,10-11,13,17,31H,9,12,14H2,(H,27,32);1-6,9,12,24H,7-8,10,20H2/t17-;12-/m11/s1. The number of phenolic OH excluding ortho intramolecular Hbond substituents is 2. The van der Waals surface area contributed by atoms with Gasteiger partial charge in [-0.15, -0.1) is 0 Å². The molecule has 5 heterocycles. The van der Waals surface area contributed by atoms with Gasteiger partial charge in [-0.1, -0.05) is 24.3 Å². The molecule has 0 unspecified atom stereocenters. The highest BCUT2D eigenvalue weighted by Crippen LogP contribution is 2.35. The normalized spacial score (nSPS) is 16.6. The lowest BCUT2D eigenvalue weighted by atomic mass is 10.1. The zero-order chi connectivity index (χ0) is 38.8. The Morgan fingerprint density at radius 2 is 1.20 bits per heavy atom. The molecular weight excluding hydrogens is 717 g/mol. The van der Waals surface area contributed by atoms with E-state index in [1.165, 1.54) is 24.3 Å². The van der Waals surface area contributed by atoms with Crippen LogP contribution >= 0.6 is 0 Å². The second-order valence-electron chi connectivity index (χ2n) is 13.7. The van der Waals surface area contributed by atoms with E-state index in [2.05, 4.69) is 30.2 Å². The third kappa shape index (κ3) is 7.59. The van der Waals surface area contributed by atoms with Crippen LogP contribution in [0.2, 0.25) is 0 Å². The number of aromatic nitrogens is 5. The van der Waals surface area contributed by atoms with Gasteiger partial charge in [-0.05, 0) is 85.6 Å². The monoisotopic (exact) mass is 753 g/mol. The fourth-order valence-corrected chi connectivity index (χ4v) is 7.04. The van der Waals surface area contributed by atoms with E-state index in [4.69, 9.17) is 10.7 Å². The first kappa shape index (κ1) is 36.2. The number of aromatic hydroxyl groups is 2. The minimum absolute atomic E-state index is 0.0730. The molecule has 2 aliphatic heterocycles. The van der Waals surface area contributed by atoms with E-state index in [1.807, 2.05) is 11.0 Å². The van der Waals surface area contributed by atoms with E-state index in [9.17, 15) is 23.8 Å². The smallest absolute Gasteiger partial charge is 0.251 e. The van der Waals surface area contributed by atoms with Crippen LogP contribution in [0.4, 0.5) is 20.4 Å². The van der Waals surface area contributed by atoms with Gasteiger partial charge in [-0.2, -0.15) is 0 Å². The molecule has 1 amide bonds. The zero-order valence-electron chi connectivity index (χ0n) is 30.1. The van der Waals surface area contributed by atoms with E-state index < -0.39 is 0 Å². The van der Waals surface area contributed by atoms with Crippen molar-refractivity contribution >= 4 is 39.3 Å². The van der Waals surface area contributed by atoms with Crippen LogP contribution < -0.4 is 20.9 Å². The molecule has 2 atom stereocenters. The number of nitrogens with one attached hydrogen (secondary N) is 1. The van der Waals surface area contributed by atoms with Gasteiger partial charge < -0.3 is 31.1 Å². The molecule has 2 saturated heterocycles. The Balaban J connectivity index is 0.000000164. The summed E-state index contributed by atoms with van der Waals surface area (Å²) in [5.41, 5.74) is 8.83. The number of fused-ring (bicyclic) bond motifs is 2. The third-order valence-corrected chi connectivity index (χ3v) is 9.85. The van der Waals surface area contributed by atoms with Crippen molar-refractivity contribution in [1.82, 2.24) is 30.2 Å². The van der Waals surface area contributed by atoms with Crippen LogP contribution in [0, 0.1) is 11.6 Å². The molecule has 5 N–H and O–H groups in total. The van der Waals surface area contributed by atoms with Crippen molar-refractivity contribution in [2.45, 2.75) is 24.9 Å². The highest BCUT2D eigenvalue weighted by atomic mass is 19.1. The molecule has 9 rings (SSSR count). The Hall–Kier alpha value is -6.80. The van der Waals surface area contributed by atoms with E-state index in [-0.39, 0.29) is 41.1 Å². The van der Waals surface area contributed by atoms with Crippen molar-refractivity contribution < 1.29 is 23.8 Å². The van der Waals surface area contributed by atoms with Crippen molar-refractivity contribution in [2.24, 2.45) is 5.73 Å². The van der Waals surface area contributed by atoms with Crippen molar-refractivity contribution in [3.63, 3.8) is 0 Å². The Morgan fingerprint density at radius 1 is 0.679 bits per heavy atom. The van der Waals surface area contributed by atoms with Crippen LogP contribution in [-0.2, 0) is 0 Å².